The van der Waals surface area contributed by atoms with Gasteiger partial charge in [0.2, 0.25) is 0 Å². The SMILES string of the molecule is CC1(C)c2cccnc2-n2c3cc(-n4c5ccccc5c5ccc(-n6ncc7ccccc76)cc54)ccc3c3cccc1c32. The minimum atomic E-state index is -0.143. The summed E-state index contributed by atoms with van der Waals surface area (Å²) in [6.07, 6.45) is 3.85. The molecule has 0 saturated carbocycles. The fraction of sp³-hybridized carbons (Fsp3) is 0.0769. The molecule has 44 heavy (non-hydrogen) atoms. The summed E-state index contributed by atoms with van der Waals surface area (Å²) in [5.41, 5.74) is 10.4. The Balaban J connectivity index is 1.29. The van der Waals surface area contributed by atoms with E-state index in [9.17, 15) is 0 Å². The lowest BCUT2D eigenvalue weighted by molar-refractivity contribution is 0.624. The zero-order valence-corrected chi connectivity index (χ0v) is 24.4. The van der Waals surface area contributed by atoms with Crippen molar-refractivity contribution in [3.05, 3.63) is 139 Å². The van der Waals surface area contributed by atoms with Crippen LogP contribution >= 0.6 is 0 Å². The number of para-hydroxylation sites is 3. The molecular weight excluding hydrogens is 538 g/mol. The molecular formula is C39H27N5. The molecule has 0 aliphatic carbocycles. The lowest BCUT2D eigenvalue weighted by Crippen LogP contribution is -2.26. The molecule has 9 aromatic rings. The fourth-order valence-electron chi connectivity index (χ4n) is 7.67. The molecule has 10 rings (SSSR count). The van der Waals surface area contributed by atoms with Gasteiger partial charge in [-0.3, -0.25) is 4.57 Å². The van der Waals surface area contributed by atoms with Gasteiger partial charge >= 0.3 is 0 Å². The smallest absolute Gasteiger partial charge is 0.141 e. The Kier molecular flexibility index (Phi) is 4.46. The van der Waals surface area contributed by atoms with E-state index in [-0.39, 0.29) is 5.41 Å². The first-order valence-electron chi connectivity index (χ1n) is 15.1. The molecule has 5 aromatic carbocycles. The first-order valence-corrected chi connectivity index (χ1v) is 15.1. The largest absolute Gasteiger partial charge is 0.309 e. The minimum absolute atomic E-state index is 0.143. The number of fused-ring (bicyclic) bond motifs is 9. The third-order valence-electron chi connectivity index (χ3n) is 9.75. The highest BCUT2D eigenvalue weighted by Gasteiger charge is 2.35. The van der Waals surface area contributed by atoms with Gasteiger partial charge in [-0.05, 0) is 48.0 Å². The van der Waals surface area contributed by atoms with Crippen molar-refractivity contribution in [2.45, 2.75) is 19.3 Å². The van der Waals surface area contributed by atoms with Gasteiger partial charge in [-0.15, -0.1) is 0 Å². The number of benzene rings is 5. The van der Waals surface area contributed by atoms with E-state index in [0.717, 1.165) is 33.6 Å². The number of nitrogens with zero attached hydrogens (tertiary/aromatic N) is 5. The van der Waals surface area contributed by atoms with Crippen LogP contribution in [0, 0.1) is 0 Å². The first-order chi connectivity index (χ1) is 21.6. The second-order valence-electron chi connectivity index (χ2n) is 12.4. The standard InChI is InChI=1S/C39H27N5/c1-39(2)31-12-7-11-30-29-18-16-25(21-36(29)43(37(30)31)38-32(39)13-8-20-40-38)42-34-15-6-4-10-27(34)28-19-17-26(22-35(28)42)44-33-14-5-3-9-24(33)23-41-44/h3-23H,1-2H3. The predicted octanol–water partition coefficient (Wildman–Crippen LogP) is 9.25. The van der Waals surface area contributed by atoms with Crippen LogP contribution < -0.4 is 0 Å². The molecule has 0 radical (unpaired) electrons. The van der Waals surface area contributed by atoms with Gasteiger partial charge in [0.25, 0.3) is 0 Å². The lowest BCUT2D eigenvalue weighted by Gasteiger charge is -2.33. The number of pyridine rings is 1. The van der Waals surface area contributed by atoms with Crippen molar-refractivity contribution >= 4 is 54.5 Å². The average Bonchev–Trinajstić information content (AvgIpc) is 3.74. The molecule has 4 aromatic heterocycles. The van der Waals surface area contributed by atoms with Crippen LogP contribution in [0.25, 0.3) is 71.7 Å². The van der Waals surface area contributed by atoms with Crippen LogP contribution in [0.5, 0.6) is 0 Å². The zero-order valence-electron chi connectivity index (χ0n) is 24.4. The predicted molar refractivity (Wildman–Crippen MR) is 180 cm³/mol. The molecule has 0 atom stereocenters. The Bertz CT molecular complexity index is 2650. The molecule has 208 valence electrons. The third-order valence-corrected chi connectivity index (χ3v) is 9.75. The van der Waals surface area contributed by atoms with Crippen molar-refractivity contribution in [2.75, 3.05) is 0 Å². The van der Waals surface area contributed by atoms with Crippen LogP contribution in [-0.2, 0) is 5.41 Å². The molecule has 1 aliphatic heterocycles. The molecule has 0 spiro atoms. The molecule has 1 aliphatic rings. The summed E-state index contributed by atoms with van der Waals surface area (Å²) in [6.45, 7) is 4.63. The van der Waals surface area contributed by atoms with Gasteiger partial charge in [0, 0.05) is 49.8 Å². The zero-order chi connectivity index (χ0) is 29.2. The molecule has 5 heteroatoms. The normalized spacial score (nSPS) is 13.9. The van der Waals surface area contributed by atoms with Gasteiger partial charge in [-0.2, -0.15) is 5.10 Å². The third kappa shape index (κ3) is 2.93. The minimum Gasteiger partial charge on any atom is -0.309 e. The molecule has 0 bridgehead atoms. The number of hydrogen-bond acceptors (Lipinski definition) is 2. The maximum Gasteiger partial charge on any atom is 0.141 e. The van der Waals surface area contributed by atoms with E-state index in [2.05, 4.69) is 138 Å². The highest BCUT2D eigenvalue weighted by molar-refractivity contribution is 6.13. The molecule has 0 N–H and O–H groups in total. The van der Waals surface area contributed by atoms with E-state index >= 15 is 0 Å². The summed E-state index contributed by atoms with van der Waals surface area (Å²) in [5, 5.41) is 10.9. The van der Waals surface area contributed by atoms with Crippen molar-refractivity contribution in [3.63, 3.8) is 0 Å². The Labute approximate surface area is 253 Å². The molecule has 0 amide bonds. The quantitative estimate of drug-likeness (QED) is 0.210. The topological polar surface area (TPSA) is 40.6 Å². The highest BCUT2D eigenvalue weighted by Crippen LogP contribution is 2.47. The van der Waals surface area contributed by atoms with Crippen LogP contribution in [0.1, 0.15) is 25.0 Å². The fourth-order valence-corrected chi connectivity index (χ4v) is 7.67. The average molecular weight is 566 g/mol. The van der Waals surface area contributed by atoms with Crippen LogP contribution in [0.15, 0.2) is 128 Å². The summed E-state index contributed by atoms with van der Waals surface area (Å²) in [5.74, 6) is 1.02. The maximum atomic E-state index is 4.96. The summed E-state index contributed by atoms with van der Waals surface area (Å²) in [4.78, 5) is 4.96. The van der Waals surface area contributed by atoms with Crippen LogP contribution in [-0.4, -0.2) is 23.9 Å². The van der Waals surface area contributed by atoms with Gasteiger partial charge in [-0.25, -0.2) is 9.67 Å². The summed E-state index contributed by atoms with van der Waals surface area (Å²) >= 11 is 0. The summed E-state index contributed by atoms with van der Waals surface area (Å²) in [6, 6.07) is 41.7. The number of aromatic nitrogens is 5. The van der Waals surface area contributed by atoms with Gasteiger partial charge in [0.1, 0.15) is 5.82 Å². The lowest BCUT2D eigenvalue weighted by atomic mass is 9.76. The van der Waals surface area contributed by atoms with Crippen molar-refractivity contribution in [3.8, 4) is 17.2 Å². The van der Waals surface area contributed by atoms with E-state index < -0.39 is 0 Å². The Morgan fingerprint density at radius 2 is 1.23 bits per heavy atom. The monoisotopic (exact) mass is 565 g/mol. The molecule has 5 nitrogen and oxygen atoms in total. The van der Waals surface area contributed by atoms with Gasteiger partial charge in [0.05, 0.1) is 39.5 Å². The van der Waals surface area contributed by atoms with E-state index in [4.69, 9.17) is 10.1 Å². The van der Waals surface area contributed by atoms with E-state index in [0.29, 0.717) is 0 Å². The van der Waals surface area contributed by atoms with Crippen LogP contribution in [0.2, 0.25) is 0 Å². The summed E-state index contributed by atoms with van der Waals surface area (Å²) in [7, 11) is 0. The second-order valence-corrected chi connectivity index (χ2v) is 12.4. The van der Waals surface area contributed by atoms with Crippen molar-refractivity contribution in [1.29, 1.82) is 0 Å². The first kappa shape index (κ1) is 23.8. The second kappa shape index (κ2) is 8.23. The maximum absolute atomic E-state index is 4.96. The molecule has 0 unspecified atom stereocenters. The number of rotatable bonds is 2. The molecule has 0 fully saturated rings. The van der Waals surface area contributed by atoms with Crippen LogP contribution in [0.4, 0.5) is 0 Å². The Hall–Kier alpha value is -5.68. The Morgan fingerprint density at radius 3 is 2.14 bits per heavy atom. The van der Waals surface area contributed by atoms with E-state index in [1.54, 1.807) is 0 Å². The van der Waals surface area contributed by atoms with E-state index in [1.165, 1.54) is 49.2 Å². The van der Waals surface area contributed by atoms with Gasteiger partial charge in [0.15, 0.2) is 0 Å². The van der Waals surface area contributed by atoms with Crippen molar-refractivity contribution in [2.24, 2.45) is 0 Å². The van der Waals surface area contributed by atoms with Crippen LogP contribution in [0.3, 0.4) is 0 Å². The highest BCUT2D eigenvalue weighted by atomic mass is 15.3. The number of hydrogen-bond donors (Lipinski definition) is 0. The molecule has 0 saturated heterocycles. The van der Waals surface area contributed by atoms with Gasteiger partial charge in [-0.1, -0.05) is 86.6 Å². The Morgan fingerprint density at radius 1 is 0.545 bits per heavy atom. The van der Waals surface area contributed by atoms with Crippen molar-refractivity contribution < 1.29 is 0 Å². The summed E-state index contributed by atoms with van der Waals surface area (Å²) < 4.78 is 6.83. The van der Waals surface area contributed by atoms with Gasteiger partial charge < -0.3 is 4.57 Å². The molecule has 5 heterocycles. The van der Waals surface area contributed by atoms with E-state index in [1.807, 2.05) is 17.1 Å². The van der Waals surface area contributed by atoms with Crippen molar-refractivity contribution in [1.82, 2.24) is 23.9 Å².